The van der Waals surface area contributed by atoms with Crippen LogP contribution in [-0.2, 0) is 0 Å². The Hall–Kier alpha value is -0.0300. The zero-order valence-electron chi connectivity index (χ0n) is 8.34. The van der Waals surface area contributed by atoms with Crippen LogP contribution >= 0.6 is 15.9 Å². The van der Waals surface area contributed by atoms with Crippen LogP contribution in [0, 0.1) is 29.1 Å². The van der Waals surface area contributed by atoms with Crippen molar-refractivity contribution in [2.24, 2.45) is 17.8 Å². The topological polar surface area (TPSA) is 23.8 Å². The molecule has 12 heavy (non-hydrogen) atoms. The van der Waals surface area contributed by atoms with E-state index in [-0.39, 0.29) is 5.92 Å². The van der Waals surface area contributed by atoms with E-state index in [1.807, 2.05) is 0 Å². The highest BCUT2D eigenvalue weighted by Crippen LogP contribution is 2.24. The molecule has 0 rings (SSSR count). The van der Waals surface area contributed by atoms with Gasteiger partial charge in [-0.05, 0) is 18.3 Å². The van der Waals surface area contributed by atoms with Gasteiger partial charge in [-0.1, -0.05) is 43.6 Å². The first-order valence-corrected chi connectivity index (χ1v) is 5.44. The fraction of sp³-hybridized carbons (Fsp3) is 0.900. The SMILES string of the molecule is CC(C)C(C#N)CC(C)[C@H](C)Br. The Morgan fingerprint density at radius 2 is 1.75 bits per heavy atom. The quantitative estimate of drug-likeness (QED) is 0.679. The molecule has 0 aromatic heterocycles. The normalized spacial score (nSPS) is 18.4. The van der Waals surface area contributed by atoms with Crippen molar-refractivity contribution < 1.29 is 0 Å². The standard InChI is InChI=1S/C10H18BrN/c1-7(2)10(6-12)5-8(3)9(4)11/h7-10H,5H2,1-4H3/t8?,9-,10?/m0/s1. The summed E-state index contributed by atoms with van der Waals surface area (Å²) in [4.78, 5) is 0.507. The van der Waals surface area contributed by atoms with E-state index in [1.165, 1.54) is 0 Å². The second-order valence-electron chi connectivity index (χ2n) is 3.87. The molecule has 3 atom stereocenters. The van der Waals surface area contributed by atoms with E-state index in [9.17, 15) is 0 Å². The Labute approximate surface area is 84.3 Å². The van der Waals surface area contributed by atoms with Crippen molar-refractivity contribution in [3.05, 3.63) is 0 Å². The summed E-state index contributed by atoms with van der Waals surface area (Å²) in [5, 5.41) is 8.86. The number of halogens is 1. The molecule has 70 valence electrons. The highest BCUT2D eigenvalue weighted by atomic mass is 79.9. The molecule has 0 aliphatic heterocycles. The van der Waals surface area contributed by atoms with E-state index in [4.69, 9.17) is 5.26 Å². The van der Waals surface area contributed by atoms with Crippen molar-refractivity contribution in [2.75, 3.05) is 0 Å². The highest BCUT2D eigenvalue weighted by molar-refractivity contribution is 9.09. The van der Waals surface area contributed by atoms with Crippen LogP contribution in [0.25, 0.3) is 0 Å². The number of rotatable bonds is 4. The van der Waals surface area contributed by atoms with Crippen LogP contribution in [0.5, 0.6) is 0 Å². The van der Waals surface area contributed by atoms with Gasteiger partial charge in [-0.2, -0.15) is 5.26 Å². The lowest BCUT2D eigenvalue weighted by Crippen LogP contribution is -2.15. The van der Waals surface area contributed by atoms with Gasteiger partial charge in [0.25, 0.3) is 0 Å². The molecule has 0 aliphatic carbocycles. The predicted octanol–water partition coefficient (Wildman–Crippen LogP) is 3.59. The van der Waals surface area contributed by atoms with Crippen molar-refractivity contribution >= 4 is 15.9 Å². The maximum Gasteiger partial charge on any atom is 0.0658 e. The second-order valence-corrected chi connectivity index (χ2v) is 5.31. The zero-order chi connectivity index (χ0) is 9.72. The van der Waals surface area contributed by atoms with Gasteiger partial charge in [-0.25, -0.2) is 0 Å². The summed E-state index contributed by atoms with van der Waals surface area (Å²) in [6.45, 7) is 8.55. The zero-order valence-corrected chi connectivity index (χ0v) is 9.93. The Morgan fingerprint density at radius 1 is 1.25 bits per heavy atom. The lowest BCUT2D eigenvalue weighted by atomic mass is 9.87. The van der Waals surface area contributed by atoms with E-state index in [0.717, 1.165) is 6.42 Å². The summed E-state index contributed by atoms with van der Waals surface area (Å²) in [5.41, 5.74) is 0. The maximum absolute atomic E-state index is 8.86. The number of alkyl halides is 1. The molecule has 0 radical (unpaired) electrons. The van der Waals surface area contributed by atoms with Crippen molar-refractivity contribution in [3.63, 3.8) is 0 Å². The van der Waals surface area contributed by atoms with E-state index < -0.39 is 0 Å². The van der Waals surface area contributed by atoms with Gasteiger partial charge in [0.05, 0.1) is 6.07 Å². The number of nitrogens with zero attached hydrogens (tertiary/aromatic N) is 1. The molecule has 2 unspecified atom stereocenters. The highest BCUT2D eigenvalue weighted by Gasteiger charge is 2.18. The van der Waals surface area contributed by atoms with Crippen LogP contribution in [0.2, 0.25) is 0 Å². The summed E-state index contributed by atoms with van der Waals surface area (Å²) in [7, 11) is 0. The van der Waals surface area contributed by atoms with Crippen LogP contribution in [0.15, 0.2) is 0 Å². The average Bonchev–Trinajstić information content (AvgIpc) is 1.98. The van der Waals surface area contributed by atoms with E-state index in [0.29, 0.717) is 16.7 Å². The first kappa shape index (κ1) is 12.0. The third-order valence-electron chi connectivity index (χ3n) is 2.38. The largest absolute Gasteiger partial charge is 0.198 e. The first-order chi connectivity index (χ1) is 5.49. The fourth-order valence-corrected chi connectivity index (χ4v) is 1.28. The van der Waals surface area contributed by atoms with Crippen molar-refractivity contribution in [1.29, 1.82) is 5.26 Å². The van der Waals surface area contributed by atoms with Crippen LogP contribution in [0.3, 0.4) is 0 Å². The monoisotopic (exact) mass is 231 g/mol. The molecule has 1 nitrogen and oxygen atoms in total. The Balaban J connectivity index is 3.96. The van der Waals surface area contributed by atoms with Gasteiger partial charge in [-0.3, -0.25) is 0 Å². The minimum absolute atomic E-state index is 0.208. The molecule has 0 aromatic carbocycles. The summed E-state index contributed by atoms with van der Waals surface area (Å²) >= 11 is 3.54. The number of hydrogen-bond acceptors (Lipinski definition) is 1. The minimum atomic E-state index is 0.208. The molecule has 0 amide bonds. The summed E-state index contributed by atoms with van der Waals surface area (Å²) in [5.74, 6) is 1.26. The molecule has 0 aromatic rings. The van der Waals surface area contributed by atoms with Crippen molar-refractivity contribution in [3.8, 4) is 6.07 Å². The second kappa shape index (κ2) is 5.59. The maximum atomic E-state index is 8.86. The predicted molar refractivity (Wildman–Crippen MR) is 56.1 cm³/mol. The van der Waals surface area contributed by atoms with Crippen LogP contribution in [-0.4, -0.2) is 4.83 Å². The molecule has 0 spiro atoms. The fourth-order valence-electron chi connectivity index (χ4n) is 1.06. The van der Waals surface area contributed by atoms with Crippen LogP contribution < -0.4 is 0 Å². The minimum Gasteiger partial charge on any atom is -0.198 e. The third kappa shape index (κ3) is 4.11. The summed E-state index contributed by atoms with van der Waals surface area (Å²) in [6, 6.07) is 2.37. The molecular formula is C10H18BrN. The summed E-state index contributed by atoms with van der Waals surface area (Å²) in [6.07, 6.45) is 1.00. The Morgan fingerprint density at radius 3 is 2.00 bits per heavy atom. The molecule has 0 saturated heterocycles. The Bertz CT molecular complexity index is 158. The van der Waals surface area contributed by atoms with Crippen LogP contribution in [0.4, 0.5) is 0 Å². The van der Waals surface area contributed by atoms with E-state index in [2.05, 4.69) is 49.7 Å². The number of nitriles is 1. The molecule has 0 N–H and O–H groups in total. The van der Waals surface area contributed by atoms with Gasteiger partial charge in [0.2, 0.25) is 0 Å². The van der Waals surface area contributed by atoms with Gasteiger partial charge in [0.1, 0.15) is 0 Å². The van der Waals surface area contributed by atoms with Gasteiger partial charge >= 0.3 is 0 Å². The van der Waals surface area contributed by atoms with Gasteiger partial charge < -0.3 is 0 Å². The molecule has 0 bridgehead atoms. The smallest absolute Gasteiger partial charge is 0.0658 e. The first-order valence-electron chi connectivity index (χ1n) is 4.52. The molecule has 0 aliphatic rings. The number of hydrogen-bond donors (Lipinski definition) is 0. The molecule has 2 heteroatoms. The van der Waals surface area contributed by atoms with E-state index in [1.54, 1.807) is 0 Å². The van der Waals surface area contributed by atoms with Gasteiger partial charge in [-0.15, -0.1) is 0 Å². The van der Waals surface area contributed by atoms with Crippen molar-refractivity contribution in [1.82, 2.24) is 0 Å². The third-order valence-corrected chi connectivity index (χ3v) is 3.28. The average molecular weight is 232 g/mol. The van der Waals surface area contributed by atoms with Gasteiger partial charge in [0.15, 0.2) is 0 Å². The molecule has 0 saturated carbocycles. The summed E-state index contributed by atoms with van der Waals surface area (Å²) < 4.78 is 0. The molecular weight excluding hydrogens is 214 g/mol. The molecule has 0 fully saturated rings. The Kier molecular flexibility index (Phi) is 5.57. The lowest BCUT2D eigenvalue weighted by Gasteiger charge is -2.19. The lowest BCUT2D eigenvalue weighted by molar-refractivity contribution is 0.373. The van der Waals surface area contributed by atoms with Crippen molar-refractivity contribution in [2.45, 2.75) is 38.9 Å². The van der Waals surface area contributed by atoms with Gasteiger partial charge in [0, 0.05) is 10.7 Å². The van der Waals surface area contributed by atoms with E-state index >= 15 is 0 Å². The molecule has 0 heterocycles. The van der Waals surface area contributed by atoms with Crippen LogP contribution in [0.1, 0.15) is 34.1 Å².